The van der Waals surface area contributed by atoms with Crippen LogP contribution < -0.4 is 14.8 Å². The summed E-state index contributed by atoms with van der Waals surface area (Å²) in [6.45, 7) is 3.46. The van der Waals surface area contributed by atoms with Gasteiger partial charge in [0, 0.05) is 47.8 Å². The topological polar surface area (TPSA) is 67.9 Å². The van der Waals surface area contributed by atoms with Crippen molar-refractivity contribution in [1.29, 1.82) is 0 Å². The minimum absolute atomic E-state index is 0.0438. The molecule has 1 N–H and O–H groups in total. The van der Waals surface area contributed by atoms with Crippen LogP contribution in [0.15, 0.2) is 42.5 Å². The van der Waals surface area contributed by atoms with Crippen LogP contribution in [0.5, 0.6) is 11.5 Å². The summed E-state index contributed by atoms with van der Waals surface area (Å²) in [4.78, 5) is 27.9. The number of halogens is 1. The van der Waals surface area contributed by atoms with Gasteiger partial charge in [-0.05, 0) is 30.7 Å². The molecule has 0 bridgehead atoms. The highest BCUT2D eigenvalue weighted by molar-refractivity contribution is 6.30. The van der Waals surface area contributed by atoms with Gasteiger partial charge in [0.2, 0.25) is 5.91 Å². The SMILES string of the molecule is CCCCNC(=O)[C@H]1CN(C(=O)c2cccc(Cl)c2)C[C@@H]1c1ccc(OC)cc1OC. The summed E-state index contributed by atoms with van der Waals surface area (Å²) < 4.78 is 10.9. The normalized spacial score (nSPS) is 18.0. The number of amides is 2. The Balaban J connectivity index is 1.90. The van der Waals surface area contributed by atoms with E-state index in [4.69, 9.17) is 21.1 Å². The zero-order valence-corrected chi connectivity index (χ0v) is 18.9. The minimum atomic E-state index is -0.373. The van der Waals surface area contributed by atoms with Crippen molar-refractivity contribution in [3.8, 4) is 11.5 Å². The van der Waals surface area contributed by atoms with E-state index in [1.165, 1.54) is 0 Å². The molecular weight excluding hydrogens is 416 g/mol. The molecule has 0 unspecified atom stereocenters. The molecule has 6 nitrogen and oxygen atoms in total. The summed E-state index contributed by atoms with van der Waals surface area (Å²) in [6.07, 6.45) is 1.92. The molecular formula is C24H29ClN2O4. The van der Waals surface area contributed by atoms with Gasteiger partial charge in [0.25, 0.3) is 5.91 Å². The molecule has 1 aliphatic rings. The molecule has 3 rings (SSSR count). The van der Waals surface area contributed by atoms with Crippen molar-refractivity contribution in [3.63, 3.8) is 0 Å². The molecule has 1 fully saturated rings. The zero-order chi connectivity index (χ0) is 22.4. The van der Waals surface area contributed by atoms with Gasteiger partial charge in [-0.25, -0.2) is 0 Å². The summed E-state index contributed by atoms with van der Waals surface area (Å²) in [6, 6.07) is 12.5. The van der Waals surface area contributed by atoms with Gasteiger partial charge < -0.3 is 19.7 Å². The van der Waals surface area contributed by atoms with E-state index in [0.29, 0.717) is 41.7 Å². The van der Waals surface area contributed by atoms with Gasteiger partial charge in [0.05, 0.1) is 20.1 Å². The van der Waals surface area contributed by atoms with Gasteiger partial charge in [-0.1, -0.05) is 37.1 Å². The maximum atomic E-state index is 13.1. The third-order valence-corrected chi connectivity index (χ3v) is 5.92. The number of rotatable bonds is 8. The second-order valence-electron chi connectivity index (χ2n) is 7.69. The summed E-state index contributed by atoms with van der Waals surface area (Å²) in [5.41, 5.74) is 1.40. The maximum absolute atomic E-state index is 13.1. The van der Waals surface area contributed by atoms with Crippen molar-refractivity contribution in [1.82, 2.24) is 10.2 Å². The van der Waals surface area contributed by atoms with Crippen molar-refractivity contribution in [3.05, 3.63) is 58.6 Å². The van der Waals surface area contributed by atoms with Crippen LogP contribution in [0.25, 0.3) is 0 Å². The van der Waals surface area contributed by atoms with E-state index in [0.717, 1.165) is 18.4 Å². The molecule has 0 radical (unpaired) electrons. The lowest BCUT2D eigenvalue weighted by atomic mass is 9.87. The van der Waals surface area contributed by atoms with E-state index in [9.17, 15) is 9.59 Å². The smallest absolute Gasteiger partial charge is 0.253 e. The number of likely N-dealkylation sites (tertiary alicyclic amines) is 1. The van der Waals surface area contributed by atoms with E-state index in [2.05, 4.69) is 12.2 Å². The van der Waals surface area contributed by atoms with Crippen LogP contribution in [0, 0.1) is 5.92 Å². The second kappa shape index (κ2) is 10.5. The van der Waals surface area contributed by atoms with Crippen LogP contribution in [0.2, 0.25) is 5.02 Å². The number of carbonyl (C=O) groups is 2. The van der Waals surface area contributed by atoms with Crippen molar-refractivity contribution < 1.29 is 19.1 Å². The average molecular weight is 445 g/mol. The highest BCUT2D eigenvalue weighted by Crippen LogP contribution is 2.39. The number of carbonyl (C=O) groups excluding carboxylic acids is 2. The first-order valence-electron chi connectivity index (χ1n) is 10.5. The average Bonchev–Trinajstić information content (AvgIpc) is 3.23. The first-order valence-corrected chi connectivity index (χ1v) is 10.9. The summed E-state index contributed by atoms with van der Waals surface area (Å²) in [5.74, 6) is 0.580. The van der Waals surface area contributed by atoms with Crippen LogP contribution in [-0.4, -0.2) is 50.6 Å². The minimum Gasteiger partial charge on any atom is -0.497 e. The summed E-state index contributed by atoms with van der Waals surface area (Å²) in [5, 5.41) is 3.54. The number of methoxy groups -OCH3 is 2. The summed E-state index contributed by atoms with van der Waals surface area (Å²) >= 11 is 6.08. The first kappa shape index (κ1) is 22.9. The van der Waals surface area contributed by atoms with E-state index >= 15 is 0 Å². The molecule has 7 heteroatoms. The van der Waals surface area contributed by atoms with E-state index in [-0.39, 0.29) is 23.7 Å². The fourth-order valence-electron chi connectivity index (χ4n) is 4.00. The second-order valence-corrected chi connectivity index (χ2v) is 8.12. The third kappa shape index (κ3) is 5.31. The number of benzene rings is 2. The van der Waals surface area contributed by atoms with Crippen molar-refractivity contribution in [2.45, 2.75) is 25.7 Å². The van der Waals surface area contributed by atoms with Gasteiger partial charge in [0.15, 0.2) is 0 Å². The van der Waals surface area contributed by atoms with E-state index in [1.807, 2.05) is 18.2 Å². The number of ether oxygens (including phenoxy) is 2. The third-order valence-electron chi connectivity index (χ3n) is 5.69. The Hall–Kier alpha value is -2.73. The van der Waals surface area contributed by atoms with Gasteiger partial charge >= 0.3 is 0 Å². The van der Waals surface area contributed by atoms with Crippen LogP contribution in [0.1, 0.15) is 41.6 Å². The molecule has 2 aromatic carbocycles. The van der Waals surface area contributed by atoms with Gasteiger partial charge in [-0.3, -0.25) is 9.59 Å². The molecule has 1 aliphatic heterocycles. The molecule has 0 saturated carbocycles. The number of unbranched alkanes of at least 4 members (excludes halogenated alkanes) is 1. The molecule has 0 aromatic heterocycles. The maximum Gasteiger partial charge on any atom is 0.253 e. The Kier molecular flexibility index (Phi) is 7.80. The van der Waals surface area contributed by atoms with Gasteiger partial charge in [-0.2, -0.15) is 0 Å². The molecule has 0 aliphatic carbocycles. The first-order chi connectivity index (χ1) is 15.0. The molecule has 166 valence electrons. The number of hydrogen-bond donors (Lipinski definition) is 1. The quantitative estimate of drug-likeness (QED) is 0.621. The van der Waals surface area contributed by atoms with Crippen molar-refractivity contribution in [2.75, 3.05) is 33.9 Å². The number of hydrogen-bond acceptors (Lipinski definition) is 4. The molecule has 1 heterocycles. The van der Waals surface area contributed by atoms with Crippen LogP contribution >= 0.6 is 11.6 Å². The molecule has 31 heavy (non-hydrogen) atoms. The molecule has 2 amide bonds. The molecule has 2 aromatic rings. The standard InChI is InChI=1S/C24H29ClN2O4/c1-4-5-11-26-23(28)21-15-27(24(29)16-7-6-8-17(25)12-16)14-20(21)19-10-9-18(30-2)13-22(19)31-3/h6-10,12-13,20-21H,4-5,11,14-15H2,1-3H3,(H,26,28)/t20-,21+/m1/s1. The Morgan fingerprint density at radius 3 is 2.61 bits per heavy atom. The lowest BCUT2D eigenvalue weighted by Crippen LogP contribution is -2.36. The number of nitrogens with one attached hydrogen (secondary N) is 1. The summed E-state index contributed by atoms with van der Waals surface area (Å²) in [7, 11) is 3.19. The zero-order valence-electron chi connectivity index (χ0n) is 18.2. The Labute approximate surface area is 188 Å². The van der Waals surface area contributed by atoms with Crippen LogP contribution in [0.3, 0.4) is 0 Å². The Bertz CT molecular complexity index is 934. The van der Waals surface area contributed by atoms with Crippen molar-refractivity contribution in [2.24, 2.45) is 5.92 Å². The molecule has 0 spiro atoms. The fourth-order valence-corrected chi connectivity index (χ4v) is 4.19. The Morgan fingerprint density at radius 1 is 1.13 bits per heavy atom. The monoisotopic (exact) mass is 444 g/mol. The van der Waals surface area contributed by atoms with Crippen LogP contribution in [-0.2, 0) is 4.79 Å². The van der Waals surface area contributed by atoms with Gasteiger partial charge in [-0.15, -0.1) is 0 Å². The lowest BCUT2D eigenvalue weighted by molar-refractivity contribution is -0.124. The van der Waals surface area contributed by atoms with Gasteiger partial charge in [0.1, 0.15) is 11.5 Å². The predicted octanol–water partition coefficient (Wildman–Crippen LogP) is 4.13. The largest absolute Gasteiger partial charge is 0.497 e. The van der Waals surface area contributed by atoms with E-state index < -0.39 is 0 Å². The predicted molar refractivity (Wildman–Crippen MR) is 121 cm³/mol. The Morgan fingerprint density at radius 2 is 1.94 bits per heavy atom. The molecule has 1 saturated heterocycles. The fraction of sp³-hybridized carbons (Fsp3) is 0.417. The van der Waals surface area contributed by atoms with Crippen molar-refractivity contribution >= 4 is 23.4 Å². The highest BCUT2D eigenvalue weighted by atomic mass is 35.5. The molecule has 2 atom stereocenters. The number of nitrogens with zero attached hydrogens (tertiary/aromatic N) is 1. The van der Waals surface area contributed by atoms with Crippen LogP contribution in [0.4, 0.5) is 0 Å². The lowest BCUT2D eigenvalue weighted by Gasteiger charge is -2.21. The van der Waals surface area contributed by atoms with E-state index in [1.54, 1.807) is 43.4 Å². The highest BCUT2D eigenvalue weighted by Gasteiger charge is 2.41.